The van der Waals surface area contributed by atoms with Gasteiger partial charge in [-0.05, 0) is 18.8 Å². The van der Waals surface area contributed by atoms with Crippen LogP contribution in [-0.4, -0.2) is 5.11 Å². The van der Waals surface area contributed by atoms with Crippen molar-refractivity contribution in [2.45, 2.75) is 26.7 Å². The number of allylic oxidation sites excluding steroid dienone is 2. The molecule has 1 heteroatoms. The van der Waals surface area contributed by atoms with Crippen LogP contribution >= 0.6 is 0 Å². The molecule has 0 saturated carbocycles. The summed E-state index contributed by atoms with van der Waals surface area (Å²) < 4.78 is 0. The molecule has 68 valence electrons. The molecule has 0 rings (SSSR count). The van der Waals surface area contributed by atoms with Crippen molar-refractivity contribution in [1.82, 2.24) is 0 Å². The van der Waals surface area contributed by atoms with Crippen LogP contribution < -0.4 is 0 Å². The Labute approximate surface area is 75.1 Å². The summed E-state index contributed by atoms with van der Waals surface area (Å²) in [7, 11) is 0. The van der Waals surface area contributed by atoms with Gasteiger partial charge in [-0.25, -0.2) is 0 Å². The predicted molar refractivity (Wildman–Crippen MR) is 54.1 cm³/mol. The van der Waals surface area contributed by atoms with E-state index in [9.17, 15) is 0 Å². The molecule has 0 heterocycles. The maximum Gasteiger partial charge on any atom is 0.115 e. The molecule has 0 aromatic rings. The number of aliphatic hydroxyl groups is 1. The Kier molecular flexibility index (Phi) is 5.18. The first-order chi connectivity index (χ1) is 5.61. The zero-order chi connectivity index (χ0) is 9.56. The first-order valence-electron chi connectivity index (χ1n) is 4.37. The second-order valence-electron chi connectivity index (χ2n) is 2.91. The first kappa shape index (κ1) is 11.0. The number of hydrogen-bond donors (Lipinski definition) is 1. The molecule has 0 spiro atoms. The molecule has 0 bridgehead atoms. The Morgan fingerprint density at radius 1 is 1.33 bits per heavy atom. The molecule has 0 unspecified atom stereocenters. The summed E-state index contributed by atoms with van der Waals surface area (Å²) in [4.78, 5) is 0. The molecular weight excluding hydrogens is 148 g/mol. The van der Waals surface area contributed by atoms with E-state index in [0.29, 0.717) is 11.5 Å². The molecule has 0 amide bonds. The normalized spacial score (nSPS) is 10.9. The van der Waals surface area contributed by atoms with Crippen molar-refractivity contribution in [3.8, 4) is 0 Å². The predicted octanol–water partition coefficient (Wildman–Crippen LogP) is 3.61. The van der Waals surface area contributed by atoms with Crippen molar-refractivity contribution < 1.29 is 5.11 Å². The quantitative estimate of drug-likeness (QED) is 0.488. The Morgan fingerprint density at radius 3 is 2.17 bits per heavy atom. The van der Waals surface area contributed by atoms with Gasteiger partial charge < -0.3 is 5.11 Å². The smallest absolute Gasteiger partial charge is 0.115 e. The third kappa shape index (κ3) is 4.02. The maximum absolute atomic E-state index is 8.93. The Morgan fingerprint density at radius 2 is 1.83 bits per heavy atom. The van der Waals surface area contributed by atoms with Gasteiger partial charge in [0.1, 0.15) is 5.76 Å². The lowest BCUT2D eigenvalue weighted by Crippen LogP contribution is -1.91. The second kappa shape index (κ2) is 5.64. The van der Waals surface area contributed by atoms with Gasteiger partial charge in [0.05, 0.1) is 0 Å². The fraction of sp³-hybridized carbons (Fsp3) is 0.455. The molecule has 0 fully saturated rings. The second-order valence-corrected chi connectivity index (χ2v) is 2.91. The van der Waals surface area contributed by atoms with E-state index in [4.69, 9.17) is 5.11 Å². The van der Waals surface area contributed by atoms with E-state index >= 15 is 0 Å². The summed E-state index contributed by atoms with van der Waals surface area (Å²) in [6, 6.07) is 0. The first-order valence-corrected chi connectivity index (χ1v) is 4.37. The lowest BCUT2D eigenvalue weighted by atomic mass is 10.0. The molecule has 1 nitrogen and oxygen atoms in total. The fourth-order valence-corrected chi connectivity index (χ4v) is 0.909. The molecule has 0 aliphatic heterocycles. The number of rotatable bonds is 5. The molecule has 12 heavy (non-hydrogen) atoms. The largest absolute Gasteiger partial charge is 0.508 e. The third-order valence-corrected chi connectivity index (χ3v) is 1.99. The molecule has 0 atom stereocenters. The van der Waals surface area contributed by atoms with Gasteiger partial charge >= 0.3 is 0 Å². The van der Waals surface area contributed by atoms with Crippen LogP contribution in [0.4, 0.5) is 0 Å². The van der Waals surface area contributed by atoms with E-state index in [1.165, 1.54) is 0 Å². The van der Waals surface area contributed by atoms with Crippen LogP contribution in [0, 0.1) is 5.92 Å². The van der Waals surface area contributed by atoms with Gasteiger partial charge in [0.2, 0.25) is 0 Å². The van der Waals surface area contributed by atoms with Crippen LogP contribution in [-0.2, 0) is 0 Å². The van der Waals surface area contributed by atoms with Crippen LogP contribution in [0.25, 0.3) is 0 Å². The zero-order valence-corrected chi connectivity index (χ0v) is 8.01. The number of aliphatic hydroxyl groups excluding tert-OH is 1. The minimum absolute atomic E-state index is 0.0530. The van der Waals surface area contributed by atoms with Crippen molar-refractivity contribution in [2.24, 2.45) is 5.92 Å². The van der Waals surface area contributed by atoms with Crippen molar-refractivity contribution in [3.63, 3.8) is 0 Å². The van der Waals surface area contributed by atoms with Gasteiger partial charge in [0, 0.05) is 5.57 Å². The summed E-state index contributed by atoms with van der Waals surface area (Å²) in [6.07, 6.45) is 6.15. The lowest BCUT2D eigenvalue weighted by Gasteiger charge is -2.05. The number of hydrogen-bond acceptors (Lipinski definition) is 1. The SMILES string of the molecule is C=C(O)C(=C)/C=C\C(CC)CC. The highest BCUT2D eigenvalue weighted by Crippen LogP contribution is 2.11. The van der Waals surface area contributed by atoms with Crippen molar-refractivity contribution in [3.05, 3.63) is 36.6 Å². The Bertz CT molecular complexity index is 185. The average Bonchev–Trinajstić information content (AvgIpc) is 2.05. The molecule has 0 saturated heterocycles. The molecule has 0 aromatic carbocycles. The third-order valence-electron chi connectivity index (χ3n) is 1.99. The van der Waals surface area contributed by atoms with Gasteiger partial charge in [-0.15, -0.1) is 0 Å². The van der Waals surface area contributed by atoms with E-state index in [1.54, 1.807) is 0 Å². The molecule has 0 radical (unpaired) electrons. The highest BCUT2D eigenvalue weighted by atomic mass is 16.3. The van der Waals surface area contributed by atoms with E-state index in [0.717, 1.165) is 12.8 Å². The van der Waals surface area contributed by atoms with Crippen LogP contribution in [0.1, 0.15) is 26.7 Å². The minimum atomic E-state index is 0.0530. The summed E-state index contributed by atoms with van der Waals surface area (Å²) in [6.45, 7) is 11.3. The fourth-order valence-electron chi connectivity index (χ4n) is 0.909. The highest BCUT2D eigenvalue weighted by molar-refractivity contribution is 5.30. The van der Waals surface area contributed by atoms with Crippen LogP contribution in [0.5, 0.6) is 0 Å². The van der Waals surface area contributed by atoms with Crippen LogP contribution in [0.2, 0.25) is 0 Å². The highest BCUT2D eigenvalue weighted by Gasteiger charge is 1.97. The molecular formula is C11H18O. The van der Waals surface area contributed by atoms with E-state index in [1.807, 2.05) is 6.08 Å². The van der Waals surface area contributed by atoms with Gasteiger partial charge in [0.25, 0.3) is 0 Å². The molecule has 1 N–H and O–H groups in total. The van der Waals surface area contributed by atoms with Gasteiger partial charge in [0.15, 0.2) is 0 Å². The average molecular weight is 166 g/mol. The van der Waals surface area contributed by atoms with Gasteiger partial charge in [-0.3, -0.25) is 0 Å². The topological polar surface area (TPSA) is 20.2 Å². The summed E-state index contributed by atoms with van der Waals surface area (Å²) in [5.41, 5.74) is 0.599. The van der Waals surface area contributed by atoms with Crippen molar-refractivity contribution in [2.75, 3.05) is 0 Å². The van der Waals surface area contributed by atoms with Crippen molar-refractivity contribution in [1.29, 1.82) is 0 Å². The summed E-state index contributed by atoms with van der Waals surface area (Å²) >= 11 is 0. The molecule has 0 aromatic heterocycles. The summed E-state index contributed by atoms with van der Waals surface area (Å²) in [5, 5.41) is 8.93. The van der Waals surface area contributed by atoms with Crippen molar-refractivity contribution >= 4 is 0 Å². The van der Waals surface area contributed by atoms with Gasteiger partial charge in [-0.1, -0.05) is 39.2 Å². The Hall–Kier alpha value is -0.980. The van der Waals surface area contributed by atoms with E-state index in [2.05, 4.69) is 33.1 Å². The van der Waals surface area contributed by atoms with E-state index < -0.39 is 0 Å². The van der Waals surface area contributed by atoms with E-state index in [-0.39, 0.29) is 5.76 Å². The maximum atomic E-state index is 8.93. The minimum Gasteiger partial charge on any atom is -0.508 e. The zero-order valence-electron chi connectivity index (χ0n) is 8.01. The van der Waals surface area contributed by atoms with Crippen LogP contribution in [0.3, 0.4) is 0 Å². The lowest BCUT2D eigenvalue weighted by molar-refractivity contribution is 0.429. The monoisotopic (exact) mass is 166 g/mol. The summed E-state index contributed by atoms with van der Waals surface area (Å²) in [5.74, 6) is 0.637. The molecule has 0 aliphatic rings. The standard InChI is InChI=1S/C11H18O/c1-5-11(6-2)8-7-9(3)10(4)12/h7-8,11-12H,3-6H2,1-2H3/b8-7-. The molecule has 0 aliphatic carbocycles. The van der Waals surface area contributed by atoms with Gasteiger partial charge in [-0.2, -0.15) is 0 Å². The van der Waals surface area contributed by atoms with Crippen LogP contribution in [0.15, 0.2) is 36.6 Å². The Balaban J connectivity index is 4.04.